The Labute approximate surface area is 156 Å². The van der Waals surface area contributed by atoms with E-state index in [1.54, 1.807) is 18.2 Å². The van der Waals surface area contributed by atoms with Crippen molar-refractivity contribution in [1.82, 2.24) is 14.9 Å². The van der Waals surface area contributed by atoms with Gasteiger partial charge in [-0.25, -0.2) is 9.37 Å². The van der Waals surface area contributed by atoms with Crippen molar-refractivity contribution in [2.75, 3.05) is 13.1 Å². The standard InChI is InChI=1S/C20H19ClFN3O/c21-15-5-1-3-13(9-15)20(26)14-4-2-8-25(11-14)12-19-23-17-7-6-16(22)10-18(17)24-19/h1,3,5-7,9-10,14H,2,4,8,11-12H2,(H,23,24)/t14-/m0/s1. The van der Waals surface area contributed by atoms with Gasteiger partial charge in [0.25, 0.3) is 0 Å². The summed E-state index contributed by atoms with van der Waals surface area (Å²) in [4.78, 5) is 22.7. The van der Waals surface area contributed by atoms with E-state index < -0.39 is 0 Å². The summed E-state index contributed by atoms with van der Waals surface area (Å²) in [6, 6.07) is 11.7. The fraction of sp³-hybridized carbons (Fsp3) is 0.300. The molecule has 1 aliphatic heterocycles. The van der Waals surface area contributed by atoms with E-state index in [0.717, 1.165) is 30.7 Å². The van der Waals surface area contributed by atoms with Gasteiger partial charge < -0.3 is 4.98 Å². The Kier molecular flexibility index (Phi) is 4.74. The van der Waals surface area contributed by atoms with Gasteiger partial charge >= 0.3 is 0 Å². The van der Waals surface area contributed by atoms with Crippen molar-refractivity contribution in [3.63, 3.8) is 0 Å². The van der Waals surface area contributed by atoms with Gasteiger partial charge in [0.1, 0.15) is 11.6 Å². The van der Waals surface area contributed by atoms with Gasteiger partial charge in [0.05, 0.1) is 17.6 Å². The van der Waals surface area contributed by atoms with Gasteiger partial charge in [0, 0.05) is 23.0 Å². The van der Waals surface area contributed by atoms with Gasteiger partial charge in [-0.1, -0.05) is 23.7 Å². The number of Topliss-reactive ketones (excluding diaryl/α,β-unsaturated/α-hetero) is 1. The molecule has 2 aromatic carbocycles. The Bertz CT molecular complexity index is 955. The van der Waals surface area contributed by atoms with E-state index in [-0.39, 0.29) is 17.5 Å². The Hall–Kier alpha value is -2.24. The Balaban J connectivity index is 1.46. The van der Waals surface area contributed by atoms with Crippen LogP contribution in [0.15, 0.2) is 42.5 Å². The van der Waals surface area contributed by atoms with Crippen LogP contribution in [0.25, 0.3) is 11.0 Å². The number of ketones is 1. The number of aromatic nitrogens is 2. The molecule has 0 unspecified atom stereocenters. The lowest BCUT2D eigenvalue weighted by Crippen LogP contribution is -2.38. The van der Waals surface area contributed by atoms with E-state index in [1.165, 1.54) is 12.1 Å². The van der Waals surface area contributed by atoms with Crippen LogP contribution in [0, 0.1) is 11.7 Å². The molecule has 26 heavy (non-hydrogen) atoms. The highest BCUT2D eigenvalue weighted by atomic mass is 35.5. The van der Waals surface area contributed by atoms with E-state index in [1.807, 2.05) is 12.1 Å². The maximum Gasteiger partial charge on any atom is 0.167 e. The average molecular weight is 372 g/mol. The zero-order chi connectivity index (χ0) is 18.1. The number of hydrogen-bond acceptors (Lipinski definition) is 3. The number of H-pyrrole nitrogens is 1. The summed E-state index contributed by atoms with van der Waals surface area (Å²) in [6.07, 6.45) is 1.85. The molecule has 1 aliphatic rings. The molecule has 0 radical (unpaired) electrons. The quantitative estimate of drug-likeness (QED) is 0.689. The van der Waals surface area contributed by atoms with Crippen molar-refractivity contribution in [3.8, 4) is 0 Å². The van der Waals surface area contributed by atoms with Crippen LogP contribution >= 0.6 is 11.6 Å². The third-order valence-electron chi connectivity index (χ3n) is 4.85. The van der Waals surface area contributed by atoms with Crippen molar-refractivity contribution < 1.29 is 9.18 Å². The molecule has 1 atom stereocenters. The van der Waals surface area contributed by atoms with E-state index in [0.29, 0.717) is 29.2 Å². The maximum atomic E-state index is 13.3. The number of nitrogens with zero attached hydrogens (tertiary/aromatic N) is 2. The topological polar surface area (TPSA) is 49.0 Å². The number of nitrogens with one attached hydrogen (secondary N) is 1. The molecule has 2 heterocycles. The third kappa shape index (κ3) is 3.64. The van der Waals surface area contributed by atoms with Crippen LogP contribution in [-0.2, 0) is 6.54 Å². The second kappa shape index (κ2) is 7.17. The minimum absolute atomic E-state index is 0.0379. The van der Waals surface area contributed by atoms with Gasteiger partial charge in [0.2, 0.25) is 0 Å². The predicted molar refractivity (Wildman–Crippen MR) is 99.8 cm³/mol. The molecule has 0 spiro atoms. The van der Waals surface area contributed by atoms with Crippen molar-refractivity contribution in [2.24, 2.45) is 5.92 Å². The number of carbonyl (C=O) groups excluding carboxylic acids is 1. The first-order valence-electron chi connectivity index (χ1n) is 8.75. The van der Waals surface area contributed by atoms with Crippen LogP contribution in [0.1, 0.15) is 29.0 Å². The molecule has 1 N–H and O–H groups in total. The summed E-state index contributed by atoms with van der Waals surface area (Å²) in [5.41, 5.74) is 2.12. The number of fused-ring (bicyclic) bond motifs is 1. The smallest absolute Gasteiger partial charge is 0.167 e. The normalized spacial score (nSPS) is 18.3. The number of hydrogen-bond donors (Lipinski definition) is 1. The summed E-state index contributed by atoms with van der Waals surface area (Å²) in [7, 11) is 0. The molecule has 4 nitrogen and oxygen atoms in total. The molecular weight excluding hydrogens is 353 g/mol. The summed E-state index contributed by atoms with van der Waals surface area (Å²) in [6.45, 7) is 2.23. The van der Waals surface area contributed by atoms with E-state index in [4.69, 9.17) is 11.6 Å². The zero-order valence-corrected chi connectivity index (χ0v) is 15.0. The number of halogens is 2. The van der Waals surface area contributed by atoms with Crippen LogP contribution in [0.5, 0.6) is 0 Å². The molecule has 4 rings (SSSR count). The first-order chi connectivity index (χ1) is 12.6. The first-order valence-corrected chi connectivity index (χ1v) is 9.12. The fourth-order valence-electron chi connectivity index (χ4n) is 3.61. The summed E-state index contributed by atoms with van der Waals surface area (Å²) < 4.78 is 13.3. The van der Waals surface area contributed by atoms with E-state index in [2.05, 4.69) is 14.9 Å². The minimum Gasteiger partial charge on any atom is -0.341 e. The van der Waals surface area contributed by atoms with Crippen LogP contribution in [0.2, 0.25) is 5.02 Å². The van der Waals surface area contributed by atoms with Gasteiger partial charge in [0.15, 0.2) is 5.78 Å². The number of piperidine rings is 1. The fourth-order valence-corrected chi connectivity index (χ4v) is 3.80. The highest BCUT2D eigenvalue weighted by molar-refractivity contribution is 6.31. The molecule has 1 aromatic heterocycles. The Morgan fingerprint density at radius 2 is 2.19 bits per heavy atom. The molecule has 0 bridgehead atoms. The van der Waals surface area contributed by atoms with Crippen LogP contribution in [-0.4, -0.2) is 33.7 Å². The van der Waals surface area contributed by atoms with Crippen molar-refractivity contribution in [1.29, 1.82) is 0 Å². The lowest BCUT2D eigenvalue weighted by Gasteiger charge is -2.31. The number of benzene rings is 2. The van der Waals surface area contributed by atoms with Crippen molar-refractivity contribution in [2.45, 2.75) is 19.4 Å². The second-order valence-corrected chi connectivity index (χ2v) is 7.23. The number of carbonyl (C=O) groups is 1. The average Bonchev–Trinajstić information content (AvgIpc) is 3.02. The molecule has 1 fully saturated rings. The number of imidazole rings is 1. The monoisotopic (exact) mass is 371 g/mol. The van der Waals surface area contributed by atoms with Gasteiger partial charge in [-0.2, -0.15) is 0 Å². The van der Waals surface area contributed by atoms with Gasteiger partial charge in [-0.3, -0.25) is 9.69 Å². The molecule has 0 saturated carbocycles. The number of likely N-dealkylation sites (tertiary alicyclic amines) is 1. The third-order valence-corrected chi connectivity index (χ3v) is 5.09. The molecule has 3 aromatic rings. The maximum absolute atomic E-state index is 13.3. The molecular formula is C20H19ClFN3O. The van der Waals surface area contributed by atoms with E-state index >= 15 is 0 Å². The molecule has 1 saturated heterocycles. The van der Waals surface area contributed by atoms with Crippen molar-refractivity contribution in [3.05, 3.63) is 64.7 Å². The Morgan fingerprint density at radius 1 is 1.31 bits per heavy atom. The first kappa shape index (κ1) is 17.2. The predicted octanol–water partition coefficient (Wildman–Crippen LogP) is 4.45. The lowest BCUT2D eigenvalue weighted by atomic mass is 9.90. The number of aromatic amines is 1. The SMILES string of the molecule is O=C(c1cccc(Cl)c1)[C@H]1CCCN(Cc2nc3ccc(F)cc3[nH]2)C1. The van der Waals surface area contributed by atoms with Gasteiger partial charge in [-0.05, 0) is 49.7 Å². The zero-order valence-electron chi connectivity index (χ0n) is 14.2. The summed E-state index contributed by atoms with van der Waals surface area (Å²) >= 11 is 6.01. The van der Waals surface area contributed by atoms with Crippen molar-refractivity contribution >= 4 is 28.4 Å². The lowest BCUT2D eigenvalue weighted by molar-refractivity contribution is 0.0809. The molecule has 6 heteroatoms. The second-order valence-electron chi connectivity index (χ2n) is 6.79. The highest BCUT2D eigenvalue weighted by Gasteiger charge is 2.27. The van der Waals surface area contributed by atoms with Gasteiger partial charge in [-0.15, -0.1) is 0 Å². The van der Waals surface area contributed by atoms with E-state index in [9.17, 15) is 9.18 Å². The van der Waals surface area contributed by atoms with Crippen LogP contribution in [0.3, 0.4) is 0 Å². The summed E-state index contributed by atoms with van der Waals surface area (Å²) in [5.74, 6) is 0.618. The molecule has 0 aliphatic carbocycles. The highest BCUT2D eigenvalue weighted by Crippen LogP contribution is 2.24. The number of rotatable bonds is 4. The largest absolute Gasteiger partial charge is 0.341 e. The molecule has 134 valence electrons. The van der Waals surface area contributed by atoms with Crippen LogP contribution in [0.4, 0.5) is 4.39 Å². The minimum atomic E-state index is -0.280. The Morgan fingerprint density at radius 3 is 3.04 bits per heavy atom. The summed E-state index contributed by atoms with van der Waals surface area (Å²) in [5, 5.41) is 0.582. The van der Waals surface area contributed by atoms with Crippen LogP contribution < -0.4 is 0 Å². The molecule has 0 amide bonds.